The van der Waals surface area contributed by atoms with Gasteiger partial charge < -0.3 is 5.11 Å². The second-order valence-corrected chi connectivity index (χ2v) is 8.45. The molecule has 0 radical (unpaired) electrons. The van der Waals surface area contributed by atoms with Crippen molar-refractivity contribution in [1.82, 2.24) is 4.90 Å². The van der Waals surface area contributed by atoms with E-state index in [-0.39, 0.29) is 23.7 Å². The molecule has 0 bridgehead atoms. The summed E-state index contributed by atoms with van der Waals surface area (Å²) in [5.41, 5.74) is 0.972. The van der Waals surface area contributed by atoms with Crippen LogP contribution in [0.2, 0.25) is 5.02 Å². The third-order valence-electron chi connectivity index (χ3n) is 3.99. The summed E-state index contributed by atoms with van der Waals surface area (Å²) in [6.07, 6.45) is 1.46. The molecular weight excluding hydrogens is 436 g/mol. The zero-order chi connectivity index (χ0) is 21.0. The number of aliphatic hydroxyl groups is 1. The first-order valence-electron chi connectivity index (χ1n) is 8.41. The molecule has 3 rings (SSSR count). The number of thioether (sulfide) groups is 2. The van der Waals surface area contributed by atoms with E-state index in [9.17, 15) is 19.7 Å². The quantitative estimate of drug-likeness (QED) is 0.285. The van der Waals surface area contributed by atoms with Gasteiger partial charge in [-0.1, -0.05) is 35.9 Å². The topological polar surface area (TPSA) is 101 Å². The Morgan fingerprint density at radius 2 is 2.00 bits per heavy atom. The van der Waals surface area contributed by atoms with Gasteiger partial charge in [-0.05, 0) is 41.1 Å². The normalized spacial score (nSPS) is 15.4. The van der Waals surface area contributed by atoms with Gasteiger partial charge in [0.2, 0.25) is 0 Å². The molecule has 1 N–H and O–H groups in total. The molecule has 0 unspecified atom stereocenters. The summed E-state index contributed by atoms with van der Waals surface area (Å²) >= 11 is 8.06. The van der Waals surface area contributed by atoms with E-state index in [1.165, 1.54) is 23.9 Å². The van der Waals surface area contributed by atoms with Gasteiger partial charge in [-0.3, -0.25) is 24.6 Å². The molecule has 1 fully saturated rings. The number of hydrogen-bond acceptors (Lipinski definition) is 7. The minimum atomic E-state index is -0.514. The maximum atomic E-state index is 12.7. The van der Waals surface area contributed by atoms with Gasteiger partial charge in [0.05, 0.1) is 27.9 Å². The molecule has 0 spiro atoms. The van der Waals surface area contributed by atoms with Gasteiger partial charge in [0.1, 0.15) is 0 Å². The SMILES string of the molecule is O=C1SC(=Cc2ccc(SCCO)c([N+](=O)[O-])c2)C(=O)N1Cc1ccccc1Cl. The van der Waals surface area contributed by atoms with Crippen LogP contribution in [-0.4, -0.2) is 38.4 Å². The summed E-state index contributed by atoms with van der Waals surface area (Å²) in [6, 6.07) is 11.5. The maximum Gasteiger partial charge on any atom is 0.293 e. The lowest BCUT2D eigenvalue weighted by molar-refractivity contribution is -0.387. The van der Waals surface area contributed by atoms with Crippen molar-refractivity contribution in [3.8, 4) is 0 Å². The van der Waals surface area contributed by atoms with Crippen molar-refractivity contribution in [2.24, 2.45) is 0 Å². The summed E-state index contributed by atoms with van der Waals surface area (Å²) in [5, 5.41) is 20.3. The van der Waals surface area contributed by atoms with Crippen LogP contribution in [0.1, 0.15) is 11.1 Å². The number of aliphatic hydroxyl groups excluding tert-OH is 1. The van der Waals surface area contributed by atoms with Crippen molar-refractivity contribution < 1.29 is 19.6 Å². The molecule has 0 aliphatic carbocycles. The number of halogens is 1. The fourth-order valence-corrected chi connectivity index (χ4v) is 4.42. The van der Waals surface area contributed by atoms with E-state index in [1.54, 1.807) is 36.4 Å². The van der Waals surface area contributed by atoms with Crippen molar-refractivity contribution in [3.05, 3.63) is 73.6 Å². The molecule has 1 aliphatic rings. The zero-order valence-electron chi connectivity index (χ0n) is 14.9. The van der Waals surface area contributed by atoms with Crippen molar-refractivity contribution in [3.63, 3.8) is 0 Å². The minimum absolute atomic E-state index is 0.0541. The number of nitro benzene ring substituents is 1. The lowest BCUT2D eigenvalue weighted by Gasteiger charge is -2.13. The molecule has 2 amide bonds. The fraction of sp³-hybridized carbons (Fsp3) is 0.158. The first-order chi connectivity index (χ1) is 13.9. The molecule has 150 valence electrons. The van der Waals surface area contributed by atoms with E-state index >= 15 is 0 Å². The van der Waals surface area contributed by atoms with Crippen LogP contribution in [-0.2, 0) is 11.3 Å². The average Bonchev–Trinajstić information content (AvgIpc) is 2.95. The van der Waals surface area contributed by atoms with Gasteiger partial charge in [0.15, 0.2) is 0 Å². The highest BCUT2D eigenvalue weighted by molar-refractivity contribution is 8.18. The highest BCUT2D eigenvalue weighted by atomic mass is 35.5. The van der Waals surface area contributed by atoms with Crippen molar-refractivity contribution in [2.45, 2.75) is 11.4 Å². The molecule has 10 heteroatoms. The highest BCUT2D eigenvalue weighted by Crippen LogP contribution is 2.36. The Morgan fingerprint density at radius 1 is 1.24 bits per heavy atom. The summed E-state index contributed by atoms with van der Waals surface area (Å²) in [4.78, 5) is 37.5. The second-order valence-electron chi connectivity index (χ2n) is 5.92. The van der Waals surface area contributed by atoms with Crippen LogP contribution in [0.3, 0.4) is 0 Å². The first kappa shape index (κ1) is 21.4. The van der Waals surface area contributed by atoms with Gasteiger partial charge in [-0.15, -0.1) is 11.8 Å². The van der Waals surface area contributed by atoms with Crippen LogP contribution in [0.15, 0.2) is 52.3 Å². The number of nitrogens with zero attached hydrogens (tertiary/aromatic N) is 2. The number of nitro groups is 1. The Kier molecular flexibility index (Phi) is 6.96. The molecule has 2 aromatic rings. The van der Waals surface area contributed by atoms with E-state index in [2.05, 4.69) is 0 Å². The highest BCUT2D eigenvalue weighted by Gasteiger charge is 2.35. The standard InChI is InChI=1S/C19H15ClN2O5S2/c20-14-4-2-1-3-13(14)11-21-18(24)17(29-19(21)25)10-12-5-6-16(28-8-7-23)15(9-12)22(26)27/h1-6,9-10,23H,7-8,11H2. The van der Waals surface area contributed by atoms with E-state index in [4.69, 9.17) is 16.7 Å². The first-order valence-corrected chi connectivity index (χ1v) is 10.6. The molecule has 1 heterocycles. The number of rotatable bonds is 7. The van der Waals surface area contributed by atoms with E-state index in [0.29, 0.717) is 26.8 Å². The summed E-state index contributed by atoms with van der Waals surface area (Å²) in [6.45, 7) is -0.0410. The molecular formula is C19H15ClN2O5S2. The molecule has 1 saturated heterocycles. The van der Waals surface area contributed by atoms with Crippen LogP contribution in [0.4, 0.5) is 10.5 Å². The van der Waals surface area contributed by atoms with Crippen LogP contribution in [0.25, 0.3) is 6.08 Å². The Bertz CT molecular complexity index is 1010. The van der Waals surface area contributed by atoms with Crippen molar-refractivity contribution >= 4 is 58.0 Å². The molecule has 2 aromatic carbocycles. The average molecular weight is 451 g/mol. The Balaban J connectivity index is 1.84. The predicted molar refractivity (Wildman–Crippen MR) is 114 cm³/mol. The lowest BCUT2D eigenvalue weighted by atomic mass is 10.1. The zero-order valence-corrected chi connectivity index (χ0v) is 17.3. The predicted octanol–water partition coefficient (Wildman–Crippen LogP) is 4.57. The maximum absolute atomic E-state index is 12.7. The Morgan fingerprint density at radius 3 is 2.69 bits per heavy atom. The third kappa shape index (κ3) is 4.99. The van der Waals surface area contributed by atoms with Gasteiger partial charge in [0.25, 0.3) is 16.8 Å². The summed E-state index contributed by atoms with van der Waals surface area (Å²) in [5.74, 6) is -0.137. The largest absolute Gasteiger partial charge is 0.396 e. The van der Waals surface area contributed by atoms with Gasteiger partial charge in [-0.25, -0.2) is 0 Å². The van der Waals surface area contributed by atoms with Crippen LogP contribution in [0, 0.1) is 10.1 Å². The summed E-state index contributed by atoms with van der Waals surface area (Å²) < 4.78 is 0. The Labute approximate surface area is 179 Å². The number of carbonyl (C=O) groups is 2. The number of hydrogen-bond donors (Lipinski definition) is 1. The van der Waals surface area contributed by atoms with Crippen LogP contribution >= 0.6 is 35.1 Å². The van der Waals surface area contributed by atoms with Gasteiger partial charge >= 0.3 is 0 Å². The molecule has 0 aromatic heterocycles. The van der Waals surface area contributed by atoms with Gasteiger partial charge in [-0.2, -0.15) is 0 Å². The summed E-state index contributed by atoms with van der Waals surface area (Å²) in [7, 11) is 0. The smallest absolute Gasteiger partial charge is 0.293 e. The number of imide groups is 1. The van der Waals surface area contributed by atoms with E-state index in [1.807, 2.05) is 0 Å². The monoisotopic (exact) mass is 450 g/mol. The number of carbonyl (C=O) groups excluding carboxylic acids is 2. The minimum Gasteiger partial charge on any atom is -0.396 e. The van der Waals surface area contributed by atoms with Crippen molar-refractivity contribution in [2.75, 3.05) is 12.4 Å². The molecule has 0 saturated carbocycles. The van der Waals surface area contributed by atoms with Crippen LogP contribution in [0.5, 0.6) is 0 Å². The fourth-order valence-electron chi connectivity index (χ4n) is 2.63. The molecule has 29 heavy (non-hydrogen) atoms. The van der Waals surface area contributed by atoms with Crippen LogP contribution < -0.4 is 0 Å². The number of benzene rings is 2. The second kappa shape index (κ2) is 9.45. The molecule has 1 aliphatic heterocycles. The molecule has 7 nitrogen and oxygen atoms in total. The Hall–Kier alpha value is -2.33. The van der Waals surface area contributed by atoms with Gasteiger partial charge in [0, 0.05) is 16.8 Å². The third-order valence-corrected chi connectivity index (χ3v) is 6.31. The lowest BCUT2D eigenvalue weighted by Crippen LogP contribution is -2.27. The number of amides is 2. The molecule has 0 atom stereocenters. The van der Waals surface area contributed by atoms with E-state index < -0.39 is 16.1 Å². The van der Waals surface area contributed by atoms with Crippen molar-refractivity contribution in [1.29, 1.82) is 0 Å². The van der Waals surface area contributed by atoms with E-state index in [0.717, 1.165) is 16.7 Å².